The lowest BCUT2D eigenvalue weighted by molar-refractivity contribution is 0.0760. The Balaban J connectivity index is 1.80. The highest BCUT2D eigenvalue weighted by molar-refractivity contribution is 9.10. The summed E-state index contributed by atoms with van der Waals surface area (Å²) in [6.07, 6.45) is 0. The van der Waals surface area contributed by atoms with E-state index < -0.39 is 0 Å². The van der Waals surface area contributed by atoms with Crippen LogP contribution < -0.4 is 10.7 Å². The standard InChI is InChI=1S/C20H17BrCl3N5O/c21-12-1-4-14(5-2-12)29-18(24)17(20(30)27-28-9-7-25-8-10-28)26-19(29)15-6-3-13(22)11-16(15)23/h1-6,11,25H,7-10H2,(H,27,30). The number of nitrogens with zero attached hydrogens (tertiary/aromatic N) is 3. The molecule has 1 aliphatic rings. The van der Waals surface area contributed by atoms with Crippen molar-refractivity contribution >= 4 is 56.6 Å². The molecule has 30 heavy (non-hydrogen) atoms. The molecule has 2 N–H and O–H groups in total. The average Bonchev–Trinajstić information content (AvgIpc) is 3.06. The second kappa shape index (κ2) is 9.26. The summed E-state index contributed by atoms with van der Waals surface area (Å²) in [4.78, 5) is 17.5. The monoisotopic (exact) mass is 527 g/mol. The molecule has 0 atom stereocenters. The number of benzene rings is 2. The maximum atomic E-state index is 13.0. The van der Waals surface area contributed by atoms with Gasteiger partial charge in [-0.3, -0.25) is 14.8 Å². The van der Waals surface area contributed by atoms with Crippen LogP contribution in [0.15, 0.2) is 46.9 Å². The number of carbonyl (C=O) groups excluding carboxylic acids is 1. The normalized spacial score (nSPS) is 14.7. The lowest BCUT2D eigenvalue weighted by Gasteiger charge is -2.27. The van der Waals surface area contributed by atoms with E-state index in [0.29, 0.717) is 34.5 Å². The number of carbonyl (C=O) groups is 1. The van der Waals surface area contributed by atoms with Crippen molar-refractivity contribution in [3.8, 4) is 17.1 Å². The van der Waals surface area contributed by atoms with Gasteiger partial charge in [-0.2, -0.15) is 0 Å². The Hall–Kier alpha value is -1.61. The van der Waals surface area contributed by atoms with Crippen molar-refractivity contribution in [1.82, 2.24) is 25.3 Å². The van der Waals surface area contributed by atoms with E-state index in [1.54, 1.807) is 22.8 Å². The van der Waals surface area contributed by atoms with Gasteiger partial charge in [0.05, 0.1) is 5.02 Å². The van der Waals surface area contributed by atoms with Crippen molar-refractivity contribution in [3.63, 3.8) is 0 Å². The molecule has 6 nitrogen and oxygen atoms in total. The van der Waals surface area contributed by atoms with Crippen molar-refractivity contribution < 1.29 is 4.79 Å². The molecule has 0 spiro atoms. The zero-order chi connectivity index (χ0) is 21.3. The van der Waals surface area contributed by atoms with Crippen LogP contribution in [-0.2, 0) is 0 Å². The first-order valence-corrected chi connectivity index (χ1v) is 11.1. The van der Waals surface area contributed by atoms with Gasteiger partial charge >= 0.3 is 0 Å². The van der Waals surface area contributed by atoms with E-state index in [1.807, 2.05) is 29.3 Å². The first-order valence-electron chi connectivity index (χ1n) is 9.20. The van der Waals surface area contributed by atoms with Crippen LogP contribution in [-0.4, -0.2) is 46.6 Å². The molecule has 10 heteroatoms. The summed E-state index contributed by atoms with van der Waals surface area (Å²) in [6, 6.07) is 12.6. The van der Waals surface area contributed by atoms with E-state index in [1.165, 1.54) is 0 Å². The van der Waals surface area contributed by atoms with Crippen molar-refractivity contribution in [2.45, 2.75) is 0 Å². The van der Waals surface area contributed by atoms with Gasteiger partial charge in [-0.1, -0.05) is 50.7 Å². The number of piperazine rings is 1. The number of hydrazine groups is 1. The molecule has 1 aliphatic heterocycles. The number of amides is 1. The third-order valence-corrected chi connectivity index (χ3v) is 6.09. The Kier molecular flexibility index (Phi) is 6.67. The van der Waals surface area contributed by atoms with E-state index in [4.69, 9.17) is 34.8 Å². The van der Waals surface area contributed by atoms with Crippen LogP contribution >= 0.6 is 50.7 Å². The lowest BCUT2D eigenvalue weighted by atomic mass is 10.2. The quantitative estimate of drug-likeness (QED) is 0.509. The smallest absolute Gasteiger partial charge is 0.287 e. The molecular formula is C20H17BrCl3N5O. The first kappa shape index (κ1) is 21.6. The van der Waals surface area contributed by atoms with E-state index in [-0.39, 0.29) is 16.8 Å². The van der Waals surface area contributed by atoms with Crippen LogP contribution in [0.3, 0.4) is 0 Å². The second-order valence-corrected chi connectivity index (χ2v) is 8.81. The summed E-state index contributed by atoms with van der Waals surface area (Å²) in [5, 5.41) is 6.21. The average molecular weight is 530 g/mol. The van der Waals surface area contributed by atoms with Gasteiger partial charge in [0, 0.05) is 46.9 Å². The number of aromatic nitrogens is 2. The van der Waals surface area contributed by atoms with Gasteiger partial charge in [-0.15, -0.1) is 0 Å². The fourth-order valence-corrected chi connectivity index (χ4v) is 4.26. The Morgan fingerprint density at radius 3 is 2.43 bits per heavy atom. The highest BCUT2D eigenvalue weighted by Gasteiger charge is 2.26. The predicted octanol–water partition coefficient (Wildman–Crippen LogP) is 4.81. The van der Waals surface area contributed by atoms with Crippen molar-refractivity contribution in [3.05, 3.63) is 67.8 Å². The SMILES string of the molecule is O=C(NN1CCNCC1)c1nc(-c2ccc(Cl)cc2Cl)n(-c2ccc(Br)cc2)c1Cl. The Morgan fingerprint density at radius 2 is 1.77 bits per heavy atom. The molecule has 3 aromatic rings. The summed E-state index contributed by atoms with van der Waals surface area (Å²) < 4.78 is 2.63. The Morgan fingerprint density at radius 1 is 1.07 bits per heavy atom. The third kappa shape index (κ3) is 4.51. The van der Waals surface area contributed by atoms with Gasteiger partial charge in [0.25, 0.3) is 5.91 Å². The number of rotatable bonds is 4. The van der Waals surface area contributed by atoms with Crippen LogP contribution in [0.2, 0.25) is 15.2 Å². The Bertz CT molecular complexity index is 1080. The molecule has 0 aliphatic carbocycles. The summed E-state index contributed by atoms with van der Waals surface area (Å²) in [7, 11) is 0. The maximum Gasteiger partial charge on any atom is 0.287 e. The highest BCUT2D eigenvalue weighted by atomic mass is 79.9. The number of halogens is 4. The molecule has 0 bridgehead atoms. The van der Waals surface area contributed by atoms with Crippen molar-refractivity contribution in [2.24, 2.45) is 0 Å². The molecule has 4 rings (SSSR count). The zero-order valence-corrected chi connectivity index (χ0v) is 19.5. The van der Waals surface area contributed by atoms with Crippen LogP contribution in [0.1, 0.15) is 10.5 Å². The van der Waals surface area contributed by atoms with Crippen LogP contribution in [0.5, 0.6) is 0 Å². The van der Waals surface area contributed by atoms with E-state index in [9.17, 15) is 4.79 Å². The summed E-state index contributed by atoms with van der Waals surface area (Å²) in [6.45, 7) is 3.00. The number of imidazole rings is 1. The van der Waals surface area contributed by atoms with Gasteiger partial charge in [-0.05, 0) is 42.5 Å². The van der Waals surface area contributed by atoms with Gasteiger partial charge in [-0.25, -0.2) is 9.99 Å². The second-order valence-electron chi connectivity index (χ2n) is 6.69. The lowest BCUT2D eigenvalue weighted by Crippen LogP contribution is -2.52. The molecule has 1 aromatic heterocycles. The molecule has 1 amide bonds. The maximum absolute atomic E-state index is 13.0. The molecule has 2 heterocycles. The largest absolute Gasteiger partial charge is 0.314 e. The summed E-state index contributed by atoms with van der Waals surface area (Å²) in [5.74, 6) is 0.0820. The molecular weight excluding hydrogens is 513 g/mol. The molecule has 2 aromatic carbocycles. The topological polar surface area (TPSA) is 62.2 Å². The minimum Gasteiger partial charge on any atom is -0.314 e. The number of hydrogen-bond donors (Lipinski definition) is 2. The van der Waals surface area contributed by atoms with Crippen LogP contribution in [0.4, 0.5) is 0 Å². The van der Waals surface area contributed by atoms with Crippen LogP contribution in [0, 0.1) is 0 Å². The molecule has 0 radical (unpaired) electrons. The molecule has 1 fully saturated rings. The fourth-order valence-electron chi connectivity index (χ4n) is 3.20. The molecule has 0 unspecified atom stereocenters. The van der Waals surface area contributed by atoms with E-state index in [2.05, 4.69) is 31.7 Å². The summed E-state index contributed by atoms with van der Waals surface area (Å²) in [5.41, 5.74) is 4.37. The highest BCUT2D eigenvalue weighted by Crippen LogP contribution is 2.35. The van der Waals surface area contributed by atoms with Gasteiger partial charge in [0.2, 0.25) is 0 Å². The van der Waals surface area contributed by atoms with Gasteiger partial charge in [0.15, 0.2) is 5.69 Å². The van der Waals surface area contributed by atoms with Gasteiger partial charge < -0.3 is 5.32 Å². The first-order chi connectivity index (χ1) is 14.4. The van der Waals surface area contributed by atoms with E-state index in [0.717, 1.165) is 23.2 Å². The van der Waals surface area contributed by atoms with Crippen molar-refractivity contribution in [2.75, 3.05) is 26.2 Å². The minimum atomic E-state index is -0.371. The Labute approximate surface area is 197 Å². The minimum absolute atomic E-state index is 0.124. The number of hydrogen-bond acceptors (Lipinski definition) is 4. The zero-order valence-electron chi connectivity index (χ0n) is 15.6. The van der Waals surface area contributed by atoms with Gasteiger partial charge in [0.1, 0.15) is 11.0 Å². The van der Waals surface area contributed by atoms with Crippen molar-refractivity contribution in [1.29, 1.82) is 0 Å². The predicted molar refractivity (Wildman–Crippen MR) is 124 cm³/mol. The molecule has 1 saturated heterocycles. The van der Waals surface area contributed by atoms with E-state index >= 15 is 0 Å². The molecule has 156 valence electrons. The number of nitrogens with one attached hydrogen (secondary N) is 2. The third-order valence-electron chi connectivity index (χ3n) is 4.67. The summed E-state index contributed by atoms with van der Waals surface area (Å²) >= 11 is 22.6. The van der Waals surface area contributed by atoms with Crippen LogP contribution in [0.25, 0.3) is 17.1 Å². The fraction of sp³-hybridized carbons (Fsp3) is 0.200. The molecule has 0 saturated carbocycles.